The summed E-state index contributed by atoms with van der Waals surface area (Å²) < 4.78 is 6.23. The predicted octanol–water partition coefficient (Wildman–Crippen LogP) is 7.13. The van der Waals surface area contributed by atoms with Crippen LogP contribution >= 0.6 is 11.8 Å². The van der Waals surface area contributed by atoms with Crippen molar-refractivity contribution in [2.45, 2.75) is 76.1 Å². The molecule has 1 amide bonds. The first kappa shape index (κ1) is 25.4. The first-order valence-corrected chi connectivity index (χ1v) is 14.3. The molecule has 0 radical (unpaired) electrons. The van der Waals surface area contributed by atoms with E-state index in [0.717, 1.165) is 48.5 Å². The van der Waals surface area contributed by atoms with E-state index in [1.165, 1.54) is 27.8 Å². The van der Waals surface area contributed by atoms with E-state index in [9.17, 15) is 4.79 Å². The number of carbonyl (C=O) groups is 1. The molecule has 2 aliphatic heterocycles. The number of nitriles is 1. The van der Waals surface area contributed by atoms with Crippen molar-refractivity contribution in [2.24, 2.45) is 0 Å². The topological polar surface area (TPSA) is 53.3 Å². The number of thioether (sulfide) groups is 1. The van der Waals surface area contributed by atoms with Crippen molar-refractivity contribution in [1.82, 2.24) is 4.90 Å². The number of nitrogens with zero attached hydrogens (tertiary/aromatic N) is 2. The second-order valence-corrected chi connectivity index (χ2v) is 11.5. The molecule has 5 rings (SSSR count). The molecule has 0 aromatic heterocycles. The lowest BCUT2D eigenvalue weighted by Gasteiger charge is -2.39. The molecule has 3 aromatic carbocycles. The molecule has 5 heteroatoms. The molecule has 2 bridgehead atoms. The molecule has 190 valence electrons. The third kappa shape index (κ3) is 5.70. The van der Waals surface area contributed by atoms with Crippen LogP contribution in [0.2, 0.25) is 0 Å². The van der Waals surface area contributed by atoms with E-state index in [1.54, 1.807) is 12.1 Å². The normalized spacial score (nSPS) is 20.5. The van der Waals surface area contributed by atoms with Crippen LogP contribution in [0.4, 0.5) is 0 Å². The Balaban J connectivity index is 1.17. The van der Waals surface area contributed by atoms with E-state index in [-0.39, 0.29) is 24.1 Å². The van der Waals surface area contributed by atoms with Crippen LogP contribution in [0.1, 0.15) is 69.4 Å². The van der Waals surface area contributed by atoms with E-state index in [1.807, 2.05) is 36.0 Å². The van der Waals surface area contributed by atoms with E-state index < -0.39 is 0 Å². The van der Waals surface area contributed by atoms with E-state index in [0.29, 0.717) is 5.56 Å². The minimum Gasteiger partial charge on any atom is -0.490 e. The highest BCUT2D eigenvalue weighted by Crippen LogP contribution is 2.38. The molecule has 0 N–H and O–H groups in total. The average molecular weight is 511 g/mol. The lowest BCUT2D eigenvalue weighted by molar-refractivity contribution is 0.0359. The van der Waals surface area contributed by atoms with Crippen molar-refractivity contribution < 1.29 is 9.53 Å². The fourth-order valence-corrected chi connectivity index (χ4v) is 7.18. The van der Waals surface area contributed by atoms with Gasteiger partial charge in [-0.2, -0.15) is 17.0 Å². The van der Waals surface area contributed by atoms with Gasteiger partial charge in [0.2, 0.25) is 0 Å². The number of piperidine rings is 1. The minimum atomic E-state index is 0.0793. The Labute approximate surface area is 224 Å². The van der Waals surface area contributed by atoms with Crippen molar-refractivity contribution in [1.29, 1.82) is 5.26 Å². The van der Waals surface area contributed by atoms with Crippen molar-refractivity contribution in [3.05, 3.63) is 99.6 Å². The van der Waals surface area contributed by atoms with Gasteiger partial charge in [-0.1, -0.05) is 35.9 Å². The first-order valence-electron chi connectivity index (χ1n) is 13.1. The molecule has 2 heterocycles. The smallest absolute Gasteiger partial charge is 0.254 e. The predicted molar refractivity (Wildman–Crippen MR) is 150 cm³/mol. The minimum absolute atomic E-state index is 0.0793. The van der Waals surface area contributed by atoms with Crippen LogP contribution in [-0.2, 0) is 11.5 Å². The molecular weight excluding hydrogens is 476 g/mol. The third-order valence-corrected chi connectivity index (χ3v) is 8.78. The molecule has 0 aliphatic carbocycles. The zero-order valence-corrected chi connectivity index (χ0v) is 22.7. The fraction of sp³-hybridized carbons (Fsp3) is 0.375. The number of hydrogen-bond donors (Lipinski definition) is 0. The lowest BCUT2D eigenvalue weighted by atomic mass is 9.98. The number of fused-ring (bicyclic) bond motifs is 2. The second kappa shape index (κ2) is 11.0. The van der Waals surface area contributed by atoms with Crippen molar-refractivity contribution in [3.8, 4) is 11.8 Å². The van der Waals surface area contributed by atoms with Crippen LogP contribution in [0.25, 0.3) is 0 Å². The Bertz CT molecular complexity index is 1290. The van der Waals surface area contributed by atoms with Gasteiger partial charge in [-0.15, -0.1) is 0 Å². The summed E-state index contributed by atoms with van der Waals surface area (Å²) in [6.07, 6.45) is 3.81. The van der Waals surface area contributed by atoms with Gasteiger partial charge >= 0.3 is 0 Å². The largest absolute Gasteiger partial charge is 0.490 e. The van der Waals surface area contributed by atoms with Gasteiger partial charge < -0.3 is 9.64 Å². The highest BCUT2D eigenvalue weighted by molar-refractivity contribution is 7.97. The van der Waals surface area contributed by atoms with Gasteiger partial charge in [-0.3, -0.25) is 4.79 Å². The number of benzene rings is 3. The highest BCUT2D eigenvalue weighted by Gasteiger charge is 2.44. The maximum absolute atomic E-state index is 13.5. The maximum atomic E-state index is 13.5. The van der Waals surface area contributed by atoms with Gasteiger partial charge in [0.05, 0.1) is 11.6 Å². The van der Waals surface area contributed by atoms with Crippen LogP contribution in [0.15, 0.2) is 60.7 Å². The van der Waals surface area contributed by atoms with Crippen LogP contribution in [0.5, 0.6) is 5.75 Å². The maximum Gasteiger partial charge on any atom is 0.254 e. The quantitative estimate of drug-likeness (QED) is 0.339. The first-order chi connectivity index (χ1) is 17.9. The van der Waals surface area contributed by atoms with Crippen LogP contribution < -0.4 is 4.74 Å². The van der Waals surface area contributed by atoms with E-state index in [4.69, 9.17) is 10.00 Å². The zero-order valence-electron chi connectivity index (χ0n) is 21.9. The van der Waals surface area contributed by atoms with Gasteiger partial charge in [0.25, 0.3) is 5.91 Å². The summed E-state index contributed by atoms with van der Waals surface area (Å²) in [4.78, 5) is 15.6. The van der Waals surface area contributed by atoms with Gasteiger partial charge in [-0.25, -0.2) is 0 Å². The molecule has 2 saturated heterocycles. The van der Waals surface area contributed by atoms with Crippen molar-refractivity contribution >= 4 is 17.7 Å². The number of hydrogen-bond acceptors (Lipinski definition) is 4. The second-order valence-electron chi connectivity index (χ2n) is 10.5. The number of ether oxygens (including phenoxy) is 1. The zero-order chi connectivity index (χ0) is 25.9. The Hall–Kier alpha value is -3.23. The van der Waals surface area contributed by atoms with E-state index in [2.05, 4.69) is 56.0 Å². The van der Waals surface area contributed by atoms with Gasteiger partial charge in [0, 0.05) is 42.0 Å². The summed E-state index contributed by atoms with van der Waals surface area (Å²) in [7, 11) is 0. The molecule has 0 saturated carbocycles. The molecule has 3 aromatic rings. The average Bonchev–Trinajstić information content (AvgIpc) is 3.15. The molecule has 0 spiro atoms. The van der Waals surface area contributed by atoms with E-state index >= 15 is 0 Å². The third-order valence-electron chi connectivity index (χ3n) is 7.75. The summed E-state index contributed by atoms with van der Waals surface area (Å²) in [5, 5.41) is 9.15. The highest BCUT2D eigenvalue weighted by atomic mass is 32.2. The van der Waals surface area contributed by atoms with Gasteiger partial charge in [-0.05, 0) is 86.2 Å². The number of aryl methyl sites for hydroxylation is 3. The summed E-state index contributed by atoms with van der Waals surface area (Å²) in [5.41, 5.74) is 8.12. The van der Waals surface area contributed by atoms with Gasteiger partial charge in [0.15, 0.2) is 0 Å². The Morgan fingerprint density at radius 1 is 0.973 bits per heavy atom. The number of carbonyl (C=O) groups excluding carboxylic acids is 1. The molecule has 2 fully saturated rings. The SMILES string of the molecule is Cc1cc(C)c(CSCc2ccc(C(=O)N3[C@H]4CC[C@H]3CC(Oc3cccc(C#N)c3)C4)cc2)c(C)c1. The van der Waals surface area contributed by atoms with Crippen LogP contribution in [0, 0.1) is 32.1 Å². The monoisotopic (exact) mass is 510 g/mol. The Morgan fingerprint density at radius 2 is 1.65 bits per heavy atom. The summed E-state index contributed by atoms with van der Waals surface area (Å²) >= 11 is 1.92. The molecule has 0 unspecified atom stereocenters. The Kier molecular flexibility index (Phi) is 7.58. The summed E-state index contributed by atoms with van der Waals surface area (Å²) in [6.45, 7) is 6.55. The van der Waals surface area contributed by atoms with Crippen LogP contribution in [0.3, 0.4) is 0 Å². The Morgan fingerprint density at radius 3 is 2.30 bits per heavy atom. The summed E-state index contributed by atoms with van der Waals surface area (Å²) in [5.74, 6) is 2.81. The number of rotatable bonds is 7. The molecule has 4 nitrogen and oxygen atoms in total. The van der Waals surface area contributed by atoms with Crippen molar-refractivity contribution in [2.75, 3.05) is 0 Å². The molecule has 2 atom stereocenters. The van der Waals surface area contributed by atoms with Crippen molar-refractivity contribution in [3.63, 3.8) is 0 Å². The molecule has 37 heavy (non-hydrogen) atoms. The summed E-state index contributed by atoms with van der Waals surface area (Å²) in [6, 6.07) is 22.7. The fourth-order valence-electron chi connectivity index (χ4n) is 5.99. The number of amides is 1. The standard InChI is InChI=1S/C32H34N2O2S/c1-21-13-22(2)31(23(3)14-21)20-37-19-24-7-9-26(10-8-24)32(35)34-27-11-12-28(34)17-30(16-27)36-29-6-4-5-25(15-29)18-33/h4-10,13-15,27-28,30H,11-12,16-17,19-20H2,1-3H3/t27-,28-/m0/s1. The van der Waals surface area contributed by atoms with Gasteiger partial charge in [0.1, 0.15) is 11.9 Å². The van der Waals surface area contributed by atoms with Crippen LogP contribution in [-0.4, -0.2) is 29.0 Å². The molecule has 2 aliphatic rings. The lowest BCUT2D eigenvalue weighted by Crippen LogP contribution is -2.49. The molecular formula is C32H34N2O2S.